The maximum Gasteiger partial charge on any atom is 0.251 e. The first-order valence-corrected chi connectivity index (χ1v) is 6.41. The molecule has 1 N–H and O–H groups in total. The molecular weight excluding hydrogens is 240 g/mol. The number of carbonyl (C=O) groups is 2. The molecule has 2 amide bonds. The number of hydrogen-bond acceptors (Lipinski definition) is 2. The molecule has 1 heterocycles. The van der Waals surface area contributed by atoms with Crippen molar-refractivity contribution in [3.63, 3.8) is 0 Å². The van der Waals surface area contributed by atoms with E-state index in [4.69, 9.17) is 0 Å². The lowest BCUT2D eigenvalue weighted by atomic mass is 9.85. The molecule has 0 bridgehead atoms. The minimum absolute atomic E-state index is 0.0789. The van der Waals surface area contributed by atoms with E-state index in [1.807, 2.05) is 39.8 Å². The van der Waals surface area contributed by atoms with E-state index in [1.165, 1.54) is 0 Å². The van der Waals surface area contributed by atoms with Gasteiger partial charge in [-0.15, -0.1) is 0 Å². The van der Waals surface area contributed by atoms with Crippen LogP contribution in [0.15, 0.2) is 40.1 Å². The van der Waals surface area contributed by atoms with Gasteiger partial charge in [-0.05, 0) is 26.0 Å². The summed E-state index contributed by atoms with van der Waals surface area (Å²) >= 11 is 0. The maximum absolute atomic E-state index is 11.8. The van der Waals surface area contributed by atoms with Crippen LogP contribution in [0.3, 0.4) is 0 Å². The fourth-order valence-electron chi connectivity index (χ4n) is 2.05. The van der Waals surface area contributed by atoms with Gasteiger partial charge in [-0.2, -0.15) is 0 Å². The Morgan fingerprint density at radius 3 is 2.68 bits per heavy atom. The first kappa shape index (κ1) is 13.5. The van der Waals surface area contributed by atoms with Crippen LogP contribution in [-0.4, -0.2) is 17.5 Å². The standard InChI is InChI=1S/C15H18N2O2/c1-8(2)14(18)16-11-5-6-12-9(3)10(4)15(19)17-13(12)7-11/h5-8,12H,1-4H3,(H,17,19). The Bertz CT molecular complexity index is 563. The van der Waals surface area contributed by atoms with E-state index in [0.29, 0.717) is 5.71 Å². The lowest BCUT2D eigenvalue weighted by molar-refractivity contribution is -0.120. The fraction of sp³-hybridized carbons (Fsp3) is 0.400. The molecule has 1 unspecified atom stereocenters. The van der Waals surface area contributed by atoms with Crippen molar-refractivity contribution in [2.45, 2.75) is 27.7 Å². The number of hydrogen-bond donors (Lipinski definition) is 1. The number of amides is 2. The average Bonchev–Trinajstić information content (AvgIpc) is 2.35. The van der Waals surface area contributed by atoms with Crippen LogP contribution in [0.25, 0.3) is 0 Å². The lowest BCUT2D eigenvalue weighted by Crippen LogP contribution is -2.35. The number of aliphatic imine (C=N–C) groups is 1. The molecule has 0 fully saturated rings. The Kier molecular flexibility index (Phi) is 3.51. The summed E-state index contributed by atoms with van der Waals surface area (Å²) in [6.07, 6.45) is 5.58. The zero-order chi connectivity index (χ0) is 14.2. The summed E-state index contributed by atoms with van der Waals surface area (Å²) in [7, 11) is 0. The summed E-state index contributed by atoms with van der Waals surface area (Å²) in [4.78, 5) is 27.4. The minimum Gasteiger partial charge on any atom is -0.325 e. The maximum atomic E-state index is 11.8. The number of rotatable bonds is 1. The van der Waals surface area contributed by atoms with Crippen LogP contribution in [0.2, 0.25) is 0 Å². The number of nitrogens with zero attached hydrogens (tertiary/aromatic N) is 1. The molecule has 0 radical (unpaired) electrons. The summed E-state index contributed by atoms with van der Waals surface area (Å²) in [6.45, 7) is 7.40. The van der Waals surface area contributed by atoms with Gasteiger partial charge in [-0.25, -0.2) is 4.99 Å². The molecule has 1 aliphatic carbocycles. The third-order valence-electron chi connectivity index (χ3n) is 3.49. The Labute approximate surface area is 113 Å². The van der Waals surface area contributed by atoms with Crippen LogP contribution in [0.1, 0.15) is 27.7 Å². The van der Waals surface area contributed by atoms with Gasteiger partial charge in [0.1, 0.15) is 0 Å². The van der Waals surface area contributed by atoms with E-state index in [1.54, 1.807) is 6.08 Å². The monoisotopic (exact) mass is 258 g/mol. The smallest absolute Gasteiger partial charge is 0.251 e. The van der Waals surface area contributed by atoms with Crippen molar-refractivity contribution in [1.29, 1.82) is 0 Å². The van der Waals surface area contributed by atoms with E-state index < -0.39 is 0 Å². The zero-order valence-corrected chi connectivity index (χ0v) is 11.7. The Hall–Kier alpha value is -1.97. The highest BCUT2D eigenvalue weighted by Gasteiger charge is 2.27. The summed E-state index contributed by atoms with van der Waals surface area (Å²) in [6, 6.07) is 0. The molecule has 4 heteroatoms. The van der Waals surface area contributed by atoms with Gasteiger partial charge in [0.25, 0.3) is 5.91 Å². The number of allylic oxidation sites excluding steroid dienone is 3. The van der Waals surface area contributed by atoms with Crippen LogP contribution < -0.4 is 5.32 Å². The topological polar surface area (TPSA) is 58.5 Å². The third kappa shape index (κ3) is 2.57. The third-order valence-corrected chi connectivity index (χ3v) is 3.49. The Morgan fingerprint density at radius 2 is 2.05 bits per heavy atom. The van der Waals surface area contributed by atoms with Crippen molar-refractivity contribution < 1.29 is 9.59 Å². The van der Waals surface area contributed by atoms with Gasteiger partial charge < -0.3 is 5.32 Å². The van der Waals surface area contributed by atoms with Crippen LogP contribution in [0, 0.1) is 11.8 Å². The van der Waals surface area contributed by atoms with E-state index in [9.17, 15) is 9.59 Å². The molecule has 19 heavy (non-hydrogen) atoms. The molecule has 2 rings (SSSR count). The predicted molar refractivity (Wildman–Crippen MR) is 74.5 cm³/mol. The van der Waals surface area contributed by atoms with Crippen LogP contribution in [-0.2, 0) is 9.59 Å². The minimum atomic E-state index is -0.152. The van der Waals surface area contributed by atoms with Gasteiger partial charge in [-0.3, -0.25) is 9.59 Å². The molecule has 0 saturated heterocycles. The molecular formula is C15H18N2O2. The summed E-state index contributed by atoms with van der Waals surface area (Å²) in [5.74, 6) is -0.266. The SMILES string of the molecule is CC1=C(C)C2C=CC(=NC(=O)C(C)C)C=C2NC1=O. The van der Waals surface area contributed by atoms with Gasteiger partial charge in [0, 0.05) is 23.1 Å². The van der Waals surface area contributed by atoms with Gasteiger partial charge >= 0.3 is 0 Å². The molecule has 0 saturated carbocycles. The number of carbonyl (C=O) groups excluding carboxylic acids is 2. The quantitative estimate of drug-likeness (QED) is 0.783. The predicted octanol–water partition coefficient (Wildman–Crippen LogP) is 2.15. The second-order valence-corrected chi connectivity index (χ2v) is 5.23. The second-order valence-electron chi connectivity index (χ2n) is 5.23. The van der Waals surface area contributed by atoms with Crippen LogP contribution in [0.5, 0.6) is 0 Å². The highest BCUT2D eigenvalue weighted by atomic mass is 16.2. The Morgan fingerprint density at radius 1 is 1.37 bits per heavy atom. The number of fused-ring (bicyclic) bond motifs is 1. The summed E-state index contributed by atoms with van der Waals surface area (Å²) < 4.78 is 0. The second kappa shape index (κ2) is 4.96. The van der Waals surface area contributed by atoms with Crippen molar-refractivity contribution in [3.8, 4) is 0 Å². The normalized spacial score (nSPS) is 24.5. The first-order valence-electron chi connectivity index (χ1n) is 6.41. The average molecular weight is 258 g/mol. The first-order chi connectivity index (χ1) is 8.90. The van der Waals surface area contributed by atoms with Gasteiger partial charge in [0.05, 0.1) is 5.71 Å². The molecule has 0 aromatic heterocycles. The molecule has 1 atom stereocenters. The molecule has 2 aliphatic rings. The van der Waals surface area contributed by atoms with E-state index in [2.05, 4.69) is 10.3 Å². The highest BCUT2D eigenvalue weighted by molar-refractivity contribution is 6.11. The van der Waals surface area contributed by atoms with Crippen molar-refractivity contribution in [2.75, 3.05) is 0 Å². The van der Waals surface area contributed by atoms with E-state index in [-0.39, 0.29) is 23.7 Å². The molecule has 0 aromatic carbocycles. The van der Waals surface area contributed by atoms with Crippen LogP contribution >= 0.6 is 0 Å². The fourth-order valence-corrected chi connectivity index (χ4v) is 2.05. The van der Waals surface area contributed by atoms with Crippen molar-refractivity contribution in [2.24, 2.45) is 16.8 Å². The summed E-state index contributed by atoms with van der Waals surface area (Å²) in [5, 5.41) is 2.85. The summed E-state index contributed by atoms with van der Waals surface area (Å²) in [5.41, 5.74) is 3.19. The Balaban J connectivity index is 2.33. The lowest BCUT2D eigenvalue weighted by Gasteiger charge is -2.28. The highest BCUT2D eigenvalue weighted by Crippen LogP contribution is 2.29. The molecule has 0 aromatic rings. The van der Waals surface area contributed by atoms with Crippen molar-refractivity contribution >= 4 is 17.5 Å². The largest absolute Gasteiger partial charge is 0.325 e. The zero-order valence-electron chi connectivity index (χ0n) is 11.7. The van der Waals surface area contributed by atoms with Gasteiger partial charge in [0.2, 0.25) is 5.91 Å². The van der Waals surface area contributed by atoms with Gasteiger partial charge in [-0.1, -0.05) is 25.5 Å². The molecule has 100 valence electrons. The molecule has 4 nitrogen and oxygen atoms in total. The molecule has 0 spiro atoms. The number of nitrogens with one attached hydrogen (secondary N) is 1. The van der Waals surface area contributed by atoms with E-state index >= 15 is 0 Å². The molecule has 1 aliphatic heterocycles. The van der Waals surface area contributed by atoms with Crippen LogP contribution in [0.4, 0.5) is 0 Å². The van der Waals surface area contributed by atoms with Crippen molar-refractivity contribution in [1.82, 2.24) is 5.32 Å². The van der Waals surface area contributed by atoms with Crippen molar-refractivity contribution in [3.05, 3.63) is 35.1 Å². The van der Waals surface area contributed by atoms with Gasteiger partial charge in [0.15, 0.2) is 0 Å². The van der Waals surface area contributed by atoms with E-state index in [0.717, 1.165) is 16.8 Å².